The first-order valence-electron chi connectivity index (χ1n) is 5.62. The highest BCUT2D eigenvalue weighted by Crippen LogP contribution is 2.32. The quantitative estimate of drug-likeness (QED) is 0.909. The van der Waals surface area contributed by atoms with Crippen molar-refractivity contribution >= 4 is 11.7 Å². The molecule has 0 aliphatic rings. The van der Waals surface area contributed by atoms with Gasteiger partial charge in [-0.05, 0) is 36.4 Å². The summed E-state index contributed by atoms with van der Waals surface area (Å²) < 4.78 is 42.4. The van der Waals surface area contributed by atoms with Gasteiger partial charge >= 0.3 is 12.1 Å². The maximum atomic E-state index is 12.4. The van der Waals surface area contributed by atoms with Crippen LogP contribution in [0.25, 0.3) is 0 Å². The van der Waals surface area contributed by atoms with E-state index in [4.69, 9.17) is 15.6 Å². The van der Waals surface area contributed by atoms with Crippen LogP contribution < -0.4 is 10.5 Å². The summed E-state index contributed by atoms with van der Waals surface area (Å²) in [6, 6.07) is 6.35. The number of carbonyl (C=O) groups is 1. The normalized spacial score (nSPS) is 11.2. The molecule has 5 nitrogen and oxygen atoms in total. The lowest BCUT2D eigenvalue weighted by Gasteiger charge is -2.10. The van der Waals surface area contributed by atoms with E-state index in [1.165, 1.54) is 12.1 Å². The highest BCUT2D eigenvalue weighted by atomic mass is 19.4. The number of hydrogen-bond donors (Lipinski definition) is 2. The zero-order chi connectivity index (χ0) is 15.6. The number of hydrogen-bond acceptors (Lipinski definition) is 4. The third kappa shape index (κ3) is 3.41. The molecule has 2 aromatic rings. The summed E-state index contributed by atoms with van der Waals surface area (Å²) in [5, 5.41) is 8.81. The summed E-state index contributed by atoms with van der Waals surface area (Å²) in [6.07, 6.45) is -4.45. The molecule has 0 aliphatic carbocycles. The molecule has 0 unspecified atom stereocenters. The minimum atomic E-state index is -4.45. The molecule has 1 aromatic carbocycles. The van der Waals surface area contributed by atoms with Crippen LogP contribution in [-0.4, -0.2) is 16.1 Å². The number of alkyl halides is 3. The molecule has 3 N–H and O–H groups in total. The van der Waals surface area contributed by atoms with Crippen LogP contribution in [0.3, 0.4) is 0 Å². The smallest absolute Gasteiger partial charge is 0.416 e. The van der Waals surface area contributed by atoms with Crippen molar-refractivity contribution in [3.05, 3.63) is 47.7 Å². The van der Waals surface area contributed by atoms with Gasteiger partial charge in [-0.2, -0.15) is 13.2 Å². The van der Waals surface area contributed by atoms with E-state index in [0.717, 1.165) is 24.3 Å². The van der Waals surface area contributed by atoms with Gasteiger partial charge in [0.2, 0.25) is 5.88 Å². The Hall–Kier alpha value is -2.77. The van der Waals surface area contributed by atoms with E-state index in [2.05, 4.69) is 4.98 Å². The Kier molecular flexibility index (Phi) is 3.70. The van der Waals surface area contributed by atoms with Gasteiger partial charge in [0.15, 0.2) is 5.69 Å². The Labute approximate surface area is 116 Å². The molecule has 1 aromatic heterocycles. The van der Waals surface area contributed by atoms with E-state index >= 15 is 0 Å². The summed E-state index contributed by atoms with van der Waals surface area (Å²) in [5.74, 6) is -1.40. The van der Waals surface area contributed by atoms with Gasteiger partial charge in [-0.15, -0.1) is 0 Å². The van der Waals surface area contributed by atoms with Crippen LogP contribution in [0.5, 0.6) is 11.6 Å². The van der Waals surface area contributed by atoms with Crippen molar-refractivity contribution < 1.29 is 27.8 Å². The molecule has 21 heavy (non-hydrogen) atoms. The van der Waals surface area contributed by atoms with Crippen LogP contribution in [0.4, 0.5) is 18.9 Å². The molecule has 0 spiro atoms. The number of halogens is 3. The molecule has 8 heteroatoms. The number of carboxylic acid groups (broad SMARTS) is 1. The maximum Gasteiger partial charge on any atom is 0.416 e. The highest BCUT2D eigenvalue weighted by Gasteiger charge is 2.30. The number of benzene rings is 1. The van der Waals surface area contributed by atoms with Crippen molar-refractivity contribution in [1.82, 2.24) is 4.98 Å². The van der Waals surface area contributed by atoms with Gasteiger partial charge in [0.05, 0.1) is 11.3 Å². The summed E-state index contributed by atoms with van der Waals surface area (Å²) in [6.45, 7) is 0. The third-order valence-electron chi connectivity index (χ3n) is 2.50. The Morgan fingerprint density at radius 3 is 2.29 bits per heavy atom. The monoisotopic (exact) mass is 298 g/mol. The number of pyridine rings is 1. The first kappa shape index (κ1) is 14.6. The molecule has 2 rings (SSSR count). The minimum Gasteiger partial charge on any atom is -0.477 e. The lowest BCUT2D eigenvalue weighted by molar-refractivity contribution is -0.137. The second kappa shape index (κ2) is 5.31. The number of aromatic nitrogens is 1. The van der Waals surface area contributed by atoms with Gasteiger partial charge in [-0.25, -0.2) is 9.78 Å². The Morgan fingerprint density at radius 2 is 1.76 bits per heavy atom. The SMILES string of the molecule is Nc1ccc(C(=O)O)nc1Oc1ccc(C(F)(F)F)cc1. The molecule has 0 atom stereocenters. The average Bonchev–Trinajstić information content (AvgIpc) is 2.40. The lowest BCUT2D eigenvalue weighted by Crippen LogP contribution is -2.05. The van der Waals surface area contributed by atoms with E-state index in [1.54, 1.807) is 0 Å². The van der Waals surface area contributed by atoms with E-state index < -0.39 is 17.7 Å². The predicted octanol–water partition coefficient (Wildman–Crippen LogP) is 3.17. The number of carboxylic acids is 1. The second-order valence-electron chi connectivity index (χ2n) is 4.02. The van der Waals surface area contributed by atoms with Crippen molar-refractivity contribution in [2.45, 2.75) is 6.18 Å². The van der Waals surface area contributed by atoms with Gasteiger partial charge in [0, 0.05) is 0 Å². The first-order chi connectivity index (χ1) is 9.77. The molecule has 0 aliphatic heterocycles. The molecule has 0 amide bonds. The fourth-order valence-corrected chi connectivity index (χ4v) is 1.48. The molecular weight excluding hydrogens is 289 g/mol. The molecule has 0 radical (unpaired) electrons. The number of nitrogens with two attached hydrogens (primary N) is 1. The van der Waals surface area contributed by atoms with E-state index in [9.17, 15) is 18.0 Å². The van der Waals surface area contributed by atoms with Crippen molar-refractivity contribution in [2.75, 3.05) is 5.73 Å². The van der Waals surface area contributed by atoms with Gasteiger partial charge in [-0.1, -0.05) is 0 Å². The van der Waals surface area contributed by atoms with E-state index in [-0.39, 0.29) is 23.0 Å². The molecule has 0 saturated heterocycles. The number of aromatic carboxylic acids is 1. The largest absolute Gasteiger partial charge is 0.477 e. The molecule has 0 bridgehead atoms. The van der Waals surface area contributed by atoms with Gasteiger partial charge in [-0.3, -0.25) is 0 Å². The number of nitrogen functional groups attached to an aromatic ring is 1. The van der Waals surface area contributed by atoms with Gasteiger partial charge in [0.1, 0.15) is 5.75 Å². The molecule has 0 fully saturated rings. The Balaban J connectivity index is 2.26. The maximum absolute atomic E-state index is 12.4. The fourth-order valence-electron chi connectivity index (χ4n) is 1.48. The Bertz CT molecular complexity index is 669. The van der Waals surface area contributed by atoms with Crippen LogP contribution >= 0.6 is 0 Å². The highest BCUT2D eigenvalue weighted by molar-refractivity contribution is 5.86. The number of anilines is 1. The molecule has 110 valence electrons. The number of rotatable bonds is 3. The lowest BCUT2D eigenvalue weighted by atomic mass is 10.2. The summed E-state index contributed by atoms with van der Waals surface area (Å²) >= 11 is 0. The van der Waals surface area contributed by atoms with Crippen LogP contribution in [0, 0.1) is 0 Å². The predicted molar refractivity (Wildman–Crippen MR) is 67.1 cm³/mol. The zero-order valence-corrected chi connectivity index (χ0v) is 10.4. The fraction of sp³-hybridized carbons (Fsp3) is 0.0769. The summed E-state index contributed by atoms with van der Waals surface area (Å²) in [7, 11) is 0. The van der Waals surface area contributed by atoms with Crippen LogP contribution in [0.2, 0.25) is 0 Å². The topological polar surface area (TPSA) is 85.4 Å². The average molecular weight is 298 g/mol. The first-order valence-corrected chi connectivity index (χ1v) is 5.62. The standard InChI is InChI=1S/C13H9F3N2O3/c14-13(15,16)7-1-3-8(4-2-7)21-11-9(17)5-6-10(18-11)12(19)20/h1-6H,17H2,(H,19,20). The van der Waals surface area contributed by atoms with E-state index in [1.807, 2.05) is 0 Å². The van der Waals surface area contributed by atoms with Crippen molar-refractivity contribution in [1.29, 1.82) is 0 Å². The third-order valence-corrected chi connectivity index (χ3v) is 2.50. The number of nitrogens with zero attached hydrogens (tertiary/aromatic N) is 1. The van der Waals surface area contributed by atoms with Crippen molar-refractivity contribution in [3.8, 4) is 11.6 Å². The van der Waals surface area contributed by atoms with Crippen molar-refractivity contribution in [3.63, 3.8) is 0 Å². The van der Waals surface area contributed by atoms with Gasteiger partial charge < -0.3 is 15.6 Å². The van der Waals surface area contributed by atoms with Crippen LogP contribution in [-0.2, 0) is 6.18 Å². The van der Waals surface area contributed by atoms with Crippen LogP contribution in [0.1, 0.15) is 16.1 Å². The molecule has 1 heterocycles. The number of ether oxygens (including phenoxy) is 1. The van der Waals surface area contributed by atoms with Gasteiger partial charge in [0.25, 0.3) is 0 Å². The van der Waals surface area contributed by atoms with Crippen LogP contribution in [0.15, 0.2) is 36.4 Å². The Morgan fingerprint density at radius 1 is 1.14 bits per heavy atom. The van der Waals surface area contributed by atoms with E-state index in [0.29, 0.717) is 0 Å². The zero-order valence-electron chi connectivity index (χ0n) is 10.4. The molecule has 0 saturated carbocycles. The summed E-state index contributed by atoms with van der Waals surface area (Å²) in [5.41, 5.74) is 4.54. The van der Waals surface area contributed by atoms with Crippen molar-refractivity contribution in [2.24, 2.45) is 0 Å². The minimum absolute atomic E-state index is 0.0599. The summed E-state index contributed by atoms with van der Waals surface area (Å²) in [4.78, 5) is 14.5. The second-order valence-corrected chi connectivity index (χ2v) is 4.02. The molecular formula is C13H9F3N2O3.